The topological polar surface area (TPSA) is 221 Å². The number of aromatic amines is 1. The van der Waals surface area contributed by atoms with Gasteiger partial charge in [0.05, 0.1) is 21.4 Å². The number of hydrogen-bond acceptors (Lipinski definition) is 9. The van der Waals surface area contributed by atoms with E-state index in [2.05, 4.69) is 20.3 Å². The van der Waals surface area contributed by atoms with E-state index in [1.165, 1.54) is 28.8 Å². The van der Waals surface area contributed by atoms with Gasteiger partial charge in [0.1, 0.15) is 16.3 Å². The minimum Gasteiger partial charge on any atom is -0.478 e. The zero-order valence-electron chi connectivity index (χ0n) is 19.2. The Morgan fingerprint density at radius 3 is 2.33 bits per heavy atom. The molecule has 0 saturated heterocycles. The van der Waals surface area contributed by atoms with Crippen molar-refractivity contribution in [3.8, 4) is 11.3 Å². The molecule has 2 aromatic heterocycles. The molecule has 2 heterocycles. The number of nitrogens with one attached hydrogen (secondary N) is 1. The van der Waals surface area contributed by atoms with E-state index < -0.39 is 47.2 Å². The highest BCUT2D eigenvalue weighted by atomic mass is 32.2. The number of azo groups is 1. The predicted molar refractivity (Wildman–Crippen MR) is 136 cm³/mol. The van der Waals surface area contributed by atoms with E-state index in [0.717, 1.165) is 12.1 Å². The molecule has 5 rings (SSSR count). The highest BCUT2D eigenvalue weighted by Crippen LogP contribution is 2.36. The van der Waals surface area contributed by atoms with Crippen LogP contribution in [0.3, 0.4) is 0 Å². The fraction of sp³-hybridized carbons (Fsp3) is 0. The van der Waals surface area contributed by atoms with Crippen LogP contribution in [0.15, 0.2) is 91.5 Å². The smallest absolute Gasteiger partial charge is 0.335 e. The normalized spacial score (nSPS) is 12.5. The molecular formula is C23H15N5O9S2. The largest absolute Gasteiger partial charge is 0.478 e. The molecule has 0 atom stereocenters. The lowest BCUT2D eigenvalue weighted by Gasteiger charge is -2.04. The van der Waals surface area contributed by atoms with Gasteiger partial charge in [0, 0.05) is 5.56 Å². The fourth-order valence-corrected chi connectivity index (χ4v) is 5.09. The average Bonchev–Trinajstić information content (AvgIpc) is 3.25. The monoisotopic (exact) mass is 569 g/mol. The lowest BCUT2D eigenvalue weighted by Crippen LogP contribution is -2.09. The van der Waals surface area contributed by atoms with Crippen LogP contribution < -0.4 is 5.56 Å². The van der Waals surface area contributed by atoms with Crippen molar-refractivity contribution in [2.75, 3.05) is 0 Å². The van der Waals surface area contributed by atoms with Crippen LogP contribution in [0.5, 0.6) is 0 Å². The summed E-state index contributed by atoms with van der Waals surface area (Å²) in [6.07, 6.45) is 0. The molecule has 3 aromatic carbocycles. The molecule has 5 aromatic rings. The van der Waals surface area contributed by atoms with Crippen molar-refractivity contribution in [2.45, 2.75) is 9.79 Å². The summed E-state index contributed by atoms with van der Waals surface area (Å²) < 4.78 is 67.1. The van der Waals surface area contributed by atoms with Gasteiger partial charge in [0.25, 0.3) is 25.8 Å². The zero-order valence-corrected chi connectivity index (χ0v) is 20.9. The van der Waals surface area contributed by atoms with E-state index in [-0.39, 0.29) is 33.5 Å². The van der Waals surface area contributed by atoms with E-state index in [1.807, 2.05) is 0 Å². The summed E-state index contributed by atoms with van der Waals surface area (Å²) in [4.78, 5) is 25.2. The Labute approximate surface area is 218 Å². The zero-order chi connectivity index (χ0) is 28.1. The summed E-state index contributed by atoms with van der Waals surface area (Å²) in [6, 6.07) is 14.4. The Hall–Kier alpha value is -4.77. The van der Waals surface area contributed by atoms with Gasteiger partial charge in [-0.2, -0.15) is 21.9 Å². The predicted octanol–water partition coefficient (Wildman–Crippen LogP) is 3.45. The van der Waals surface area contributed by atoms with Gasteiger partial charge >= 0.3 is 5.97 Å². The molecule has 14 nitrogen and oxygen atoms in total. The van der Waals surface area contributed by atoms with E-state index in [4.69, 9.17) is 0 Å². The van der Waals surface area contributed by atoms with Crippen LogP contribution in [0.2, 0.25) is 0 Å². The quantitative estimate of drug-likeness (QED) is 0.172. The summed E-state index contributed by atoms with van der Waals surface area (Å²) in [5, 5.41) is 22.1. The SMILES string of the molecule is O=C(O)c1cccc(-c2nn3c([nH]c(=O)c4ccccc43)c2N=Nc2ccc(S(=O)(=O)O)cc2S(=O)(=O)O)c1. The molecular weight excluding hydrogens is 554 g/mol. The molecule has 39 heavy (non-hydrogen) atoms. The standard InChI is InChI=1S/C23H15N5O9S2/c29-22-15-6-1-2-7-17(15)28-21(24-22)20(19(27-28)12-4-3-5-13(10-12)23(30)31)26-25-16-9-8-14(38(32,33)34)11-18(16)39(35,36)37/h1-11H,(H,24,29)(H,30,31)(H,32,33,34)(H,35,36,37). The molecule has 0 amide bonds. The van der Waals surface area contributed by atoms with Gasteiger partial charge in [-0.3, -0.25) is 13.9 Å². The van der Waals surface area contributed by atoms with E-state index >= 15 is 0 Å². The lowest BCUT2D eigenvalue weighted by atomic mass is 10.1. The third kappa shape index (κ3) is 4.79. The van der Waals surface area contributed by atoms with Gasteiger partial charge in [0.2, 0.25) is 0 Å². The molecule has 0 aliphatic heterocycles. The summed E-state index contributed by atoms with van der Waals surface area (Å²) in [5.41, 5.74) is -0.425. The molecule has 4 N–H and O–H groups in total. The molecule has 198 valence electrons. The van der Waals surface area contributed by atoms with E-state index in [9.17, 15) is 40.6 Å². The molecule has 0 aliphatic carbocycles. The fourth-order valence-electron chi connectivity index (χ4n) is 3.86. The van der Waals surface area contributed by atoms with Crippen molar-refractivity contribution in [1.29, 1.82) is 0 Å². The molecule has 0 aliphatic rings. The highest BCUT2D eigenvalue weighted by Gasteiger charge is 2.22. The number of rotatable bonds is 6. The van der Waals surface area contributed by atoms with Crippen LogP contribution in [-0.2, 0) is 20.2 Å². The Bertz CT molecular complexity index is 2130. The Morgan fingerprint density at radius 2 is 1.64 bits per heavy atom. The molecule has 0 unspecified atom stereocenters. The van der Waals surface area contributed by atoms with Crippen LogP contribution >= 0.6 is 0 Å². The van der Waals surface area contributed by atoms with Crippen molar-refractivity contribution in [2.24, 2.45) is 10.2 Å². The molecule has 0 fully saturated rings. The number of para-hydroxylation sites is 1. The first-order chi connectivity index (χ1) is 18.3. The highest BCUT2D eigenvalue weighted by molar-refractivity contribution is 7.86. The van der Waals surface area contributed by atoms with Crippen LogP contribution in [0.1, 0.15) is 10.4 Å². The number of benzene rings is 3. The summed E-state index contributed by atoms with van der Waals surface area (Å²) in [6.45, 7) is 0. The van der Waals surface area contributed by atoms with Crippen molar-refractivity contribution in [3.05, 3.63) is 82.6 Å². The lowest BCUT2D eigenvalue weighted by molar-refractivity contribution is 0.0697. The first-order valence-electron chi connectivity index (χ1n) is 10.7. The second-order valence-electron chi connectivity index (χ2n) is 8.09. The van der Waals surface area contributed by atoms with E-state index in [1.54, 1.807) is 24.3 Å². The maximum absolute atomic E-state index is 12.8. The van der Waals surface area contributed by atoms with E-state index in [0.29, 0.717) is 11.6 Å². The minimum absolute atomic E-state index is 0.0288. The van der Waals surface area contributed by atoms with Crippen LogP contribution in [-0.4, -0.2) is 51.6 Å². The number of H-pyrrole nitrogens is 1. The van der Waals surface area contributed by atoms with Crippen molar-refractivity contribution in [1.82, 2.24) is 14.6 Å². The average molecular weight is 570 g/mol. The van der Waals surface area contributed by atoms with Gasteiger partial charge < -0.3 is 10.1 Å². The van der Waals surface area contributed by atoms with Crippen molar-refractivity contribution < 1.29 is 35.8 Å². The molecule has 0 saturated carbocycles. The van der Waals surface area contributed by atoms with Crippen molar-refractivity contribution in [3.63, 3.8) is 0 Å². The van der Waals surface area contributed by atoms with Gasteiger partial charge in [-0.15, -0.1) is 10.2 Å². The first-order valence-corrected chi connectivity index (χ1v) is 13.6. The van der Waals surface area contributed by atoms with Crippen LogP contribution in [0.25, 0.3) is 27.8 Å². The van der Waals surface area contributed by atoms with Gasteiger partial charge in [-0.25, -0.2) is 9.31 Å². The number of nitrogens with zero attached hydrogens (tertiary/aromatic N) is 4. The summed E-state index contributed by atoms with van der Waals surface area (Å²) in [5.74, 6) is -1.21. The summed E-state index contributed by atoms with van der Waals surface area (Å²) in [7, 11) is -9.85. The number of fused-ring (bicyclic) bond motifs is 3. The number of hydrogen-bond donors (Lipinski definition) is 4. The number of carboxylic acid groups (broad SMARTS) is 1. The molecule has 0 spiro atoms. The molecule has 0 bridgehead atoms. The molecule has 0 radical (unpaired) electrons. The Morgan fingerprint density at radius 1 is 0.897 bits per heavy atom. The van der Waals surface area contributed by atoms with Gasteiger partial charge in [-0.05, 0) is 42.5 Å². The Kier molecular flexibility index (Phi) is 6.11. The third-order valence-electron chi connectivity index (χ3n) is 5.62. The number of aromatic nitrogens is 3. The maximum atomic E-state index is 12.8. The number of carboxylic acids is 1. The number of aromatic carboxylic acids is 1. The molecule has 16 heteroatoms. The first kappa shape index (κ1) is 25.9. The summed E-state index contributed by atoms with van der Waals surface area (Å²) >= 11 is 0. The number of carbonyl (C=O) groups is 1. The second-order valence-corrected chi connectivity index (χ2v) is 10.9. The maximum Gasteiger partial charge on any atom is 0.335 e. The van der Waals surface area contributed by atoms with Crippen molar-refractivity contribution >= 4 is 54.1 Å². The third-order valence-corrected chi connectivity index (χ3v) is 7.35. The van der Waals surface area contributed by atoms with Crippen LogP contribution in [0.4, 0.5) is 11.4 Å². The second kappa shape index (κ2) is 9.21. The minimum atomic E-state index is -5.04. The van der Waals surface area contributed by atoms with Crippen LogP contribution in [0, 0.1) is 0 Å². The van der Waals surface area contributed by atoms with Gasteiger partial charge in [0.15, 0.2) is 11.3 Å². The van der Waals surface area contributed by atoms with Gasteiger partial charge in [-0.1, -0.05) is 24.3 Å². The Balaban J connectivity index is 1.80.